The summed E-state index contributed by atoms with van der Waals surface area (Å²) in [4.78, 5) is -0.841. The predicted octanol–water partition coefficient (Wildman–Crippen LogP) is 1.86. The number of benzene rings is 1. The van der Waals surface area contributed by atoms with Gasteiger partial charge in [0.25, 0.3) is 6.43 Å². The Hall–Kier alpha value is -0.830. The van der Waals surface area contributed by atoms with Crippen LogP contribution in [0.15, 0.2) is 17.0 Å². The fourth-order valence-corrected chi connectivity index (χ4v) is 2.97. The molecule has 1 aromatic carbocycles. The topological polar surface area (TPSA) is 57.6 Å². The van der Waals surface area contributed by atoms with Crippen molar-refractivity contribution in [1.82, 2.24) is 4.31 Å². The molecule has 0 unspecified atom stereocenters. The molecule has 4 nitrogen and oxygen atoms in total. The van der Waals surface area contributed by atoms with Crippen LogP contribution in [0.1, 0.15) is 5.56 Å². The van der Waals surface area contributed by atoms with Gasteiger partial charge >= 0.3 is 0 Å². The summed E-state index contributed by atoms with van der Waals surface area (Å²) in [6.45, 7) is -1.82. The highest BCUT2D eigenvalue weighted by molar-refractivity contribution is 7.89. The highest BCUT2D eigenvalue weighted by atomic mass is 35.5. The largest absolute Gasteiger partial charge is 0.392 e. The Morgan fingerprint density at radius 3 is 2.47 bits per heavy atom. The van der Waals surface area contributed by atoms with Gasteiger partial charge in [0.15, 0.2) is 0 Å². The van der Waals surface area contributed by atoms with Crippen LogP contribution in [0.5, 0.6) is 0 Å². The molecule has 9 heteroatoms. The Balaban J connectivity index is 3.32. The third kappa shape index (κ3) is 3.59. The molecule has 0 spiro atoms. The van der Waals surface area contributed by atoms with E-state index in [1.807, 2.05) is 0 Å². The molecule has 1 N–H and O–H groups in total. The molecule has 0 amide bonds. The summed E-state index contributed by atoms with van der Waals surface area (Å²) in [5, 5.41) is 8.77. The summed E-state index contributed by atoms with van der Waals surface area (Å²) in [7, 11) is -3.53. The zero-order valence-electron chi connectivity index (χ0n) is 9.78. The number of hydrogen-bond acceptors (Lipinski definition) is 3. The number of hydrogen-bond donors (Lipinski definition) is 1. The van der Waals surface area contributed by atoms with Gasteiger partial charge in [-0.25, -0.2) is 21.6 Å². The molecule has 0 aliphatic carbocycles. The number of aliphatic hydroxyl groups excluding tert-OH is 1. The molecule has 0 heterocycles. The van der Waals surface area contributed by atoms with E-state index in [0.717, 1.165) is 19.2 Å². The number of alkyl halides is 2. The van der Waals surface area contributed by atoms with Crippen LogP contribution in [0, 0.1) is 5.82 Å². The van der Waals surface area contributed by atoms with Gasteiger partial charge in [-0.15, -0.1) is 0 Å². The van der Waals surface area contributed by atoms with Crippen LogP contribution in [0.2, 0.25) is 5.02 Å². The molecular formula is C10H11ClF3NO3S. The zero-order valence-corrected chi connectivity index (χ0v) is 11.3. The maximum absolute atomic E-state index is 13.8. The lowest BCUT2D eigenvalue weighted by molar-refractivity contribution is 0.126. The molecule has 0 aliphatic rings. The highest BCUT2D eigenvalue weighted by Crippen LogP contribution is 2.26. The second kappa shape index (κ2) is 6.08. The molecule has 0 aliphatic heterocycles. The van der Waals surface area contributed by atoms with Gasteiger partial charge in [-0.3, -0.25) is 0 Å². The predicted molar refractivity (Wildman–Crippen MR) is 63.2 cm³/mol. The van der Waals surface area contributed by atoms with Crippen LogP contribution in [0.4, 0.5) is 13.2 Å². The van der Waals surface area contributed by atoms with Crippen molar-refractivity contribution in [3.8, 4) is 0 Å². The number of aliphatic hydroxyl groups is 1. The summed E-state index contributed by atoms with van der Waals surface area (Å²) in [6, 6.07) is 1.87. The molecule has 0 radical (unpaired) electrons. The van der Waals surface area contributed by atoms with E-state index in [0.29, 0.717) is 4.31 Å². The van der Waals surface area contributed by atoms with E-state index in [-0.39, 0.29) is 10.6 Å². The highest BCUT2D eigenvalue weighted by Gasteiger charge is 2.28. The third-order valence-electron chi connectivity index (χ3n) is 2.33. The summed E-state index contributed by atoms with van der Waals surface area (Å²) >= 11 is 5.61. The summed E-state index contributed by atoms with van der Waals surface area (Å²) in [5.74, 6) is -1.20. The Kier molecular flexibility index (Phi) is 5.19. The number of sulfonamides is 1. The number of rotatable bonds is 5. The Morgan fingerprint density at radius 1 is 1.42 bits per heavy atom. The van der Waals surface area contributed by atoms with Gasteiger partial charge in [0, 0.05) is 17.6 Å². The fraction of sp³-hybridized carbons (Fsp3) is 0.400. The normalized spacial score (nSPS) is 12.4. The first kappa shape index (κ1) is 16.2. The lowest BCUT2D eigenvalue weighted by Gasteiger charge is -2.18. The lowest BCUT2D eigenvalue weighted by Crippen LogP contribution is -2.32. The summed E-state index contributed by atoms with van der Waals surface area (Å²) in [6.07, 6.45) is -2.89. The second-order valence-corrected chi connectivity index (χ2v) is 6.16. The molecule has 108 valence electrons. The van der Waals surface area contributed by atoms with Gasteiger partial charge < -0.3 is 5.11 Å². The minimum atomic E-state index is -4.44. The monoisotopic (exact) mass is 317 g/mol. The molecule has 0 atom stereocenters. The van der Waals surface area contributed by atoms with E-state index in [1.165, 1.54) is 0 Å². The molecule has 0 saturated carbocycles. The van der Waals surface area contributed by atoms with Crippen LogP contribution in [0.25, 0.3) is 0 Å². The van der Waals surface area contributed by atoms with Gasteiger partial charge in [0.2, 0.25) is 10.0 Å². The molecule has 0 fully saturated rings. The first-order valence-corrected chi connectivity index (χ1v) is 6.85. The Labute approximate surface area is 113 Å². The second-order valence-electron chi connectivity index (χ2n) is 3.71. The van der Waals surface area contributed by atoms with Crippen molar-refractivity contribution in [2.75, 3.05) is 13.6 Å². The van der Waals surface area contributed by atoms with Crippen LogP contribution in [0.3, 0.4) is 0 Å². The van der Waals surface area contributed by atoms with Crippen molar-refractivity contribution in [2.24, 2.45) is 0 Å². The minimum absolute atomic E-state index is 0.116. The lowest BCUT2D eigenvalue weighted by atomic mass is 10.2. The maximum atomic E-state index is 13.8. The third-order valence-corrected chi connectivity index (χ3v) is 4.37. The van der Waals surface area contributed by atoms with Crippen LogP contribution >= 0.6 is 11.6 Å². The smallest absolute Gasteiger partial charge is 0.252 e. The average molecular weight is 318 g/mol. The van der Waals surface area contributed by atoms with E-state index >= 15 is 0 Å². The molecular weight excluding hydrogens is 307 g/mol. The standard InChI is InChI=1S/C10H11ClF3NO3S/c1-15(4-9(12)13)19(17,18)8-3-7(11)2-6(5-16)10(8)14/h2-3,9,16H,4-5H2,1H3. The SMILES string of the molecule is CN(CC(F)F)S(=O)(=O)c1cc(Cl)cc(CO)c1F. The van der Waals surface area contributed by atoms with E-state index in [9.17, 15) is 21.6 Å². The van der Waals surface area contributed by atoms with Crippen molar-refractivity contribution in [1.29, 1.82) is 0 Å². The van der Waals surface area contributed by atoms with Gasteiger partial charge in [-0.1, -0.05) is 11.6 Å². The van der Waals surface area contributed by atoms with Gasteiger partial charge in [0.05, 0.1) is 13.2 Å². The van der Waals surface area contributed by atoms with Crippen molar-refractivity contribution in [3.63, 3.8) is 0 Å². The van der Waals surface area contributed by atoms with Crippen LogP contribution < -0.4 is 0 Å². The molecule has 0 aromatic heterocycles. The summed E-state index contributed by atoms with van der Waals surface area (Å²) in [5.41, 5.74) is -0.323. The van der Waals surface area contributed by atoms with E-state index in [4.69, 9.17) is 16.7 Å². The first-order valence-electron chi connectivity index (χ1n) is 5.03. The molecule has 0 saturated heterocycles. The van der Waals surface area contributed by atoms with Gasteiger partial charge in [-0.05, 0) is 12.1 Å². The van der Waals surface area contributed by atoms with Crippen molar-refractivity contribution >= 4 is 21.6 Å². The van der Waals surface area contributed by atoms with E-state index in [1.54, 1.807) is 0 Å². The van der Waals surface area contributed by atoms with E-state index < -0.39 is 40.3 Å². The van der Waals surface area contributed by atoms with Gasteiger partial charge in [-0.2, -0.15) is 4.31 Å². The maximum Gasteiger partial charge on any atom is 0.252 e. The Bertz CT molecular complexity index is 565. The molecule has 0 bridgehead atoms. The molecule has 1 rings (SSSR count). The molecule has 19 heavy (non-hydrogen) atoms. The first-order chi connectivity index (χ1) is 8.70. The zero-order chi connectivity index (χ0) is 14.8. The fourth-order valence-electron chi connectivity index (χ4n) is 1.38. The van der Waals surface area contributed by atoms with Crippen LogP contribution in [-0.4, -0.2) is 37.8 Å². The van der Waals surface area contributed by atoms with Gasteiger partial charge in [0.1, 0.15) is 10.7 Å². The summed E-state index contributed by atoms with van der Waals surface area (Å²) < 4.78 is 62.4. The van der Waals surface area contributed by atoms with Crippen molar-refractivity contribution in [2.45, 2.75) is 17.9 Å². The van der Waals surface area contributed by atoms with Crippen LogP contribution in [-0.2, 0) is 16.6 Å². The Morgan fingerprint density at radius 2 is 2.00 bits per heavy atom. The van der Waals surface area contributed by atoms with E-state index in [2.05, 4.69) is 0 Å². The number of halogens is 4. The van der Waals surface area contributed by atoms with Crippen molar-refractivity contribution in [3.05, 3.63) is 28.5 Å². The minimum Gasteiger partial charge on any atom is -0.392 e. The molecule has 1 aromatic rings. The number of nitrogens with zero attached hydrogens (tertiary/aromatic N) is 1. The average Bonchev–Trinajstić information content (AvgIpc) is 2.30. The quantitative estimate of drug-likeness (QED) is 0.902. The van der Waals surface area contributed by atoms with Crippen molar-refractivity contribution < 1.29 is 26.7 Å².